The van der Waals surface area contributed by atoms with E-state index in [-0.39, 0.29) is 0 Å². The van der Waals surface area contributed by atoms with Crippen LogP contribution in [-0.4, -0.2) is 34.8 Å². The first-order chi connectivity index (χ1) is 11.8. The van der Waals surface area contributed by atoms with Gasteiger partial charge in [-0.15, -0.1) is 0 Å². The molecule has 1 aliphatic heterocycles. The molecule has 0 radical (unpaired) electrons. The molecule has 1 aliphatic rings. The first-order valence-electron chi connectivity index (χ1n) is 8.64. The number of hydrogen-bond acceptors (Lipinski definition) is 3. The Morgan fingerprint density at radius 1 is 0.917 bits per heavy atom. The summed E-state index contributed by atoms with van der Waals surface area (Å²) in [4.78, 5) is 0. The summed E-state index contributed by atoms with van der Waals surface area (Å²) < 4.78 is 0. The van der Waals surface area contributed by atoms with Gasteiger partial charge in [0.1, 0.15) is 0 Å². The van der Waals surface area contributed by atoms with E-state index >= 15 is 0 Å². The molecule has 124 valence electrons. The molecular formula is C21H25N3. The second-order valence-electron chi connectivity index (χ2n) is 5.73. The van der Waals surface area contributed by atoms with Crippen LogP contribution in [0.4, 0.5) is 0 Å². The van der Waals surface area contributed by atoms with Crippen LogP contribution < -0.4 is 0 Å². The molecule has 0 saturated carbocycles. The Bertz CT molecular complexity index is 688. The average molecular weight is 319 g/mol. The summed E-state index contributed by atoms with van der Waals surface area (Å²) in [6.45, 7) is 7.21. The molecule has 24 heavy (non-hydrogen) atoms. The lowest BCUT2D eigenvalue weighted by atomic mass is 10.1. The van der Waals surface area contributed by atoms with Crippen molar-refractivity contribution in [3.63, 3.8) is 0 Å². The van der Waals surface area contributed by atoms with E-state index in [1.165, 1.54) is 16.8 Å². The average Bonchev–Trinajstić information content (AvgIpc) is 3.07. The predicted octanol–water partition coefficient (Wildman–Crippen LogP) is 4.49. The summed E-state index contributed by atoms with van der Waals surface area (Å²) in [6.07, 6.45) is 6.63. The van der Waals surface area contributed by atoms with Gasteiger partial charge in [-0.2, -0.15) is 0 Å². The van der Waals surface area contributed by atoms with E-state index in [0.29, 0.717) is 0 Å². The van der Waals surface area contributed by atoms with Crippen LogP contribution in [0.2, 0.25) is 0 Å². The fourth-order valence-corrected chi connectivity index (χ4v) is 2.99. The SMILES string of the molecule is CCN(CC)N1C(c2ccccc2)=CCN1C=Cc1ccccc1. The Kier molecular flexibility index (Phi) is 5.34. The number of benzene rings is 2. The molecule has 3 nitrogen and oxygen atoms in total. The molecule has 0 amide bonds. The summed E-state index contributed by atoms with van der Waals surface area (Å²) in [6, 6.07) is 21.0. The van der Waals surface area contributed by atoms with Crippen molar-refractivity contribution >= 4 is 11.8 Å². The van der Waals surface area contributed by atoms with Gasteiger partial charge in [-0.3, -0.25) is 5.01 Å². The van der Waals surface area contributed by atoms with Crippen molar-refractivity contribution in [1.29, 1.82) is 0 Å². The van der Waals surface area contributed by atoms with Gasteiger partial charge in [0.05, 0.1) is 12.2 Å². The van der Waals surface area contributed by atoms with Crippen LogP contribution in [0.5, 0.6) is 0 Å². The molecule has 2 aromatic carbocycles. The van der Waals surface area contributed by atoms with Gasteiger partial charge >= 0.3 is 0 Å². The fourth-order valence-electron chi connectivity index (χ4n) is 2.99. The molecule has 0 unspecified atom stereocenters. The van der Waals surface area contributed by atoms with Gasteiger partial charge in [-0.05, 0) is 17.7 Å². The van der Waals surface area contributed by atoms with E-state index < -0.39 is 0 Å². The highest BCUT2D eigenvalue weighted by molar-refractivity contribution is 5.65. The quantitative estimate of drug-likeness (QED) is 0.777. The largest absolute Gasteiger partial charge is 0.274 e. The number of hydrazine groups is 2. The van der Waals surface area contributed by atoms with Gasteiger partial charge in [0.25, 0.3) is 0 Å². The second kappa shape index (κ2) is 7.84. The van der Waals surface area contributed by atoms with E-state index in [2.05, 4.69) is 102 Å². The number of rotatable bonds is 6. The van der Waals surface area contributed by atoms with Crippen molar-refractivity contribution < 1.29 is 0 Å². The van der Waals surface area contributed by atoms with Crippen LogP contribution in [0.1, 0.15) is 25.0 Å². The topological polar surface area (TPSA) is 9.72 Å². The highest BCUT2D eigenvalue weighted by Crippen LogP contribution is 2.28. The first-order valence-corrected chi connectivity index (χ1v) is 8.64. The molecule has 3 heteroatoms. The zero-order valence-corrected chi connectivity index (χ0v) is 14.5. The Labute approximate surface area is 145 Å². The molecular weight excluding hydrogens is 294 g/mol. The molecule has 1 heterocycles. The summed E-state index contributed by atoms with van der Waals surface area (Å²) in [5.74, 6) is 0. The highest BCUT2D eigenvalue weighted by atomic mass is 15.9. The molecule has 0 aliphatic carbocycles. The second-order valence-corrected chi connectivity index (χ2v) is 5.73. The molecule has 0 aromatic heterocycles. The van der Waals surface area contributed by atoms with Gasteiger partial charge in [0.15, 0.2) is 0 Å². The van der Waals surface area contributed by atoms with Gasteiger partial charge in [0, 0.05) is 24.9 Å². The van der Waals surface area contributed by atoms with Crippen LogP contribution in [0, 0.1) is 0 Å². The van der Waals surface area contributed by atoms with Crippen molar-refractivity contribution in [3.8, 4) is 0 Å². The Balaban J connectivity index is 1.86. The maximum absolute atomic E-state index is 2.35. The van der Waals surface area contributed by atoms with Crippen molar-refractivity contribution in [2.24, 2.45) is 0 Å². The van der Waals surface area contributed by atoms with Crippen molar-refractivity contribution in [2.45, 2.75) is 13.8 Å². The molecule has 0 atom stereocenters. The summed E-state index contributed by atoms with van der Waals surface area (Å²) in [7, 11) is 0. The lowest BCUT2D eigenvalue weighted by molar-refractivity contribution is -0.0859. The van der Waals surface area contributed by atoms with Crippen LogP contribution in [0.25, 0.3) is 11.8 Å². The molecule has 3 rings (SSSR count). The third-order valence-electron chi connectivity index (χ3n) is 4.24. The summed E-state index contributed by atoms with van der Waals surface area (Å²) in [5.41, 5.74) is 3.71. The van der Waals surface area contributed by atoms with E-state index in [1.54, 1.807) is 0 Å². The Morgan fingerprint density at radius 2 is 1.54 bits per heavy atom. The van der Waals surface area contributed by atoms with Crippen LogP contribution in [0.15, 0.2) is 72.9 Å². The lowest BCUT2D eigenvalue weighted by Gasteiger charge is -2.39. The van der Waals surface area contributed by atoms with Crippen molar-refractivity contribution in [1.82, 2.24) is 15.1 Å². The normalized spacial score (nSPS) is 14.7. The predicted molar refractivity (Wildman–Crippen MR) is 101 cm³/mol. The lowest BCUT2D eigenvalue weighted by Crippen LogP contribution is -2.46. The monoisotopic (exact) mass is 319 g/mol. The van der Waals surface area contributed by atoms with Gasteiger partial charge < -0.3 is 0 Å². The molecule has 2 aromatic rings. The molecule has 0 fully saturated rings. The highest BCUT2D eigenvalue weighted by Gasteiger charge is 2.26. The van der Waals surface area contributed by atoms with Crippen LogP contribution in [0.3, 0.4) is 0 Å². The number of nitrogens with zero attached hydrogens (tertiary/aromatic N) is 3. The Hall–Kier alpha value is -2.52. The maximum Gasteiger partial charge on any atom is 0.0812 e. The van der Waals surface area contributed by atoms with Gasteiger partial charge in [0.2, 0.25) is 0 Å². The summed E-state index contributed by atoms with van der Waals surface area (Å²) >= 11 is 0. The maximum atomic E-state index is 2.35. The smallest absolute Gasteiger partial charge is 0.0812 e. The molecule has 0 spiro atoms. The van der Waals surface area contributed by atoms with E-state index in [9.17, 15) is 0 Å². The van der Waals surface area contributed by atoms with Crippen LogP contribution in [-0.2, 0) is 0 Å². The molecule has 0 saturated heterocycles. The summed E-state index contributed by atoms with van der Waals surface area (Å²) in [5, 5.41) is 6.91. The zero-order valence-electron chi connectivity index (χ0n) is 14.5. The first kappa shape index (κ1) is 16.3. The minimum absolute atomic E-state index is 0.879. The van der Waals surface area contributed by atoms with Crippen molar-refractivity contribution in [3.05, 3.63) is 84.1 Å². The zero-order chi connectivity index (χ0) is 16.8. The van der Waals surface area contributed by atoms with E-state index in [0.717, 1.165) is 19.6 Å². The van der Waals surface area contributed by atoms with E-state index in [1.807, 2.05) is 6.07 Å². The standard InChI is InChI=1S/C21H25N3/c1-3-22(4-2)24-21(20-13-9-6-10-14-20)16-18-23(24)17-15-19-11-7-5-8-12-19/h5-17H,3-4,18H2,1-2H3. The molecule has 0 bridgehead atoms. The third kappa shape index (κ3) is 3.52. The fraction of sp³-hybridized carbons (Fsp3) is 0.238. The minimum atomic E-state index is 0.879. The number of hydrogen-bond donors (Lipinski definition) is 0. The van der Waals surface area contributed by atoms with Gasteiger partial charge in [-0.25, -0.2) is 10.1 Å². The van der Waals surface area contributed by atoms with Crippen molar-refractivity contribution in [2.75, 3.05) is 19.6 Å². The minimum Gasteiger partial charge on any atom is -0.274 e. The van der Waals surface area contributed by atoms with Crippen LogP contribution >= 0.6 is 0 Å². The Morgan fingerprint density at radius 3 is 2.17 bits per heavy atom. The third-order valence-corrected chi connectivity index (χ3v) is 4.24. The van der Waals surface area contributed by atoms with E-state index in [4.69, 9.17) is 0 Å². The molecule has 0 N–H and O–H groups in total. The van der Waals surface area contributed by atoms with Gasteiger partial charge in [-0.1, -0.05) is 74.5 Å².